The molecule has 124 valence electrons. The fourth-order valence-electron chi connectivity index (χ4n) is 2.92. The molecular weight excluding hydrogens is 346 g/mol. The van der Waals surface area contributed by atoms with Crippen molar-refractivity contribution in [3.05, 3.63) is 46.3 Å². The Hall–Kier alpha value is -2.37. The van der Waals surface area contributed by atoms with Gasteiger partial charge < -0.3 is 5.32 Å². The second-order valence-corrected chi connectivity index (χ2v) is 8.46. The van der Waals surface area contributed by atoms with E-state index in [1.54, 1.807) is 29.6 Å². The van der Waals surface area contributed by atoms with Gasteiger partial charge in [-0.2, -0.15) is 5.26 Å². The van der Waals surface area contributed by atoms with Crippen LogP contribution < -0.4 is 9.62 Å². The summed E-state index contributed by atoms with van der Waals surface area (Å²) in [7, 11) is -3.35. The molecule has 1 atom stereocenters. The summed E-state index contributed by atoms with van der Waals surface area (Å²) in [6.45, 7) is 1.84. The molecule has 0 radical (unpaired) electrons. The zero-order valence-electron chi connectivity index (χ0n) is 13.1. The predicted octanol–water partition coefficient (Wildman–Crippen LogP) is 2.58. The number of sulfonamides is 1. The molecule has 0 saturated carbocycles. The van der Waals surface area contributed by atoms with Crippen molar-refractivity contribution in [1.82, 2.24) is 0 Å². The summed E-state index contributed by atoms with van der Waals surface area (Å²) in [5.74, 6) is -0.317. The SMILES string of the molecule is CC1Cc2cc(C(=O)Nc3sccc3C#N)ccc2N1S(C)(=O)=O. The van der Waals surface area contributed by atoms with Gasteiger partial charge in [0.05, 0.1) is 17.5 Å². The molecule has 1 unspecified atom stereocenters. The Morgan fingerprint density at radius 2 is 2.17 bits per heavy atom. The fraction of sp³-hybridized carbons (Fsp3) is 0.250. The molecule has 2 heterocycles. The van der Waals surface area contributed by atoms with Gasteiger partial charge in [-0.3, -0.25) is 9.10 Å². The normalized spacial score (nSPS) is 16.5. The van der Waals surface area contributed by atoms with Crippen LogP contribution in [0.3, 0.4) is 0 Å². The second kappa shape index (κ2) is 5.92. The maximum absolute atomic E-state index is 12.4. The quantitative estimate of drug-likeness (QED) is 0.910. The minimum absolute atomic E-state index is 0.171. The zero-order valence-corrected chi connectivity index (χ0v) is 14.7. The van der Waals surface area contributed by atoms with Crippen molar-refractivity contribution in [2.75, 3.05) is 15.9 Å². The zero-order chi connectivity index (χ0) is 17.5. The van der Waals surface area contributed by atoms with Gasteiger partial charge in [0.2, 0.25) is 10.0 Å². The minimum Gasteiger partial charge on any atom is -0.312 e. The lowest BCUT2D eigenvalue weighted by Gasteiger charge is -2.21. The third-order valence-corrected chi connectivity index (χ3v) is 5.97. The Morgan fingerprint density at radius 1 is 1.42 bits per heavy atom. The Labute approximate surface area is 144 Å². The van der Waals surface area contributed by atoms with Crippen LogP contribution in [-0.2, 0) is 16.4 Å². The highest BCUT2D eigenvalue weighted by Crippen LogP contribution is 2.35. The Morgan fingerprint density at radius 3 is 2.83 bits per heavy atom. The number of benzene rings is 1. The second-order valence-electron chi connectivity index (χ2n) is 5.68. The molecule has 1 N–H and O–H groups in total. The van der Waals surface area contributed by atoms with E-state index in [4.69, 9.17) is 5.26 Å². The third kappa shape index (κ3) is 2.88. The van der Waals surface area contributed by atoms with Crippen LogP contribution in [0.4, 0.5) is 10.7 Å². The molecule has 0 saturated heterocycles. The molecule has 1 amide bonds. The molecule has 24 heavy (non-hydrogen) atoms. The molecule has 0 aliphatic carbocycles. The van der Waals surface area contributed by atoms with Crippen molar-refractivity contribution in [2.24, 2.45) is 0 Å². The number of nitrogens with zero attached hydrogens (tertiary/aromatic N) is 2. The standard InChI is InChI=1S/C16H15N3O3S2/c1-10-7-13-8-11(3-4-14(13)19(10)24(2,21)22)15(20)18-16-12(9-17)5-6-23-16/h3-6,8,10H,7H2,1-2H3,(H,18,20). The van der Waals surface area contributed by atoms with Gasteiger partial charge in [0.15, 0.2) is 0 Å². The van der Waals surface area contributed by atoms with Gasteiger partial charge in [-0.25, -0.2) is 8.42 Å². The number of hydrogen-bond acceptors (Lipinski definition) is 5. The van der Waals surface area contributed by atoms with E-state index in [1.165, 1.54) is 21.9 Å². The van der Waals surface area contributed by atoms with Crippen molar-refractivity contribution >= 4 is 38.0 Å². The first-order valence-corrected chi connectivity index (χ1v) is 9.95. The first-order chi connectivity index (χ1) is 11.3. The minimum atomic E-state index is -3.35. The van der Waals surface area contributed by atoms with Gasteiger partial charge in [-0.15, -0.1) is 11.3 Å². The van der Waals surface area contributed by atoms with E-state index in [0.29, 0.717) is 28.2 Å². The van der Waals surface area contributed by atoms with Gasteiger partial charge in [0.25, 0.3) is 5.91 Å². The number of fused-ring (bicyclic) bond motifs is 1. The third-order valence-electron chi connectivity index (χ3n) is 3.86. The molecule has 0 spiro atoms. The molecule has 2 aromatic rings. The summed E-state index contributed by atoms with van der Waals surface area (Å²) in [6.07, 6.45) is 1.74. The van der Waals surface area contributed by atoms with Crippen LogP contribution >= 0.6 is 11.3 Å². The fourth-order valence-corrected chi connectivity index (χ4v) is 4.91. The van der Waals surface area contributed by atoms with Gasteiger partial charge in [-0.1, -0.05) is 0 Å². The molecule has 1 aromatic heterocycles. The van der Waals surface area contributed by atoms with Crippen molar-refractivity contribution in [1.29, 1.82) is 5.26 Å². The number of anilines is 2. The highest BCUT2D eigenvalue weighted by atomic mass is 32.2. The molecule has 0 fully saturated rings. The lowest BCUT2D eigenvalue weighted by Crippen LogP contribution is -2.34. The van der Waals surface area contributed by atoms with E-state index in [1.807, 2.05) is 13.0 Å². The number of rotatable bonds is 3. The number of thiophene rings is 1. The summed E-state index contributed by atoms with van der Waals surface area (Å²) in [5.41, 5.74) is 2.31. The number of nitrogens with one attached hydrogen (secondary N) is 1. The van der Waals surface area contributed by atoms with Gasteiger partial charge >= 0.3 is 0 Å². The molecule has 1 aliphatic heterocycles. The maximum Gasteiger partial charge on any atom is 0.256 e. The van der Waals surface area contributed by atoms with Crippen molar-refractivity contribution < 1.29 is 13.2 Å². The van der Waals surface area contributed by atoms with Crippen LogP contribution in [0.25, 0.3) is 0 Å². The van der Waals surface area contributed by atoms with Crippen LogP contribution in [0.5, 0.6) is 0 Å². The van der Waals surface area contributed by atoms with Crippen LogP contribution in [0.15, 0.2) is 29.6 Å². The molecule has 1 aromatic carbocycles. The number of amides is 1. The van der Waals surface area contributed by atoms with Crippen molar-refractivity contribution in [3.8, 4) is 6.07 Å². The monoisotopic (exact) mass is 361 g/mol. The van der Waals surface area contributed by atoms with Crippen LogP contribution in [0.1, 0.15) is 28.4 Å². The Kier molecular flexibility index (Phi) is 4.07. The van der Waals surface area contributed by atoms with E-state index in [0.717, 1.165) is 5.56 Å². The van der Waals surface area contributed by atoms with Crippen LogP contribution in [0.2, 0.25) is 0 Å². The average molecular weight is 361 g/mol. The van der Waals surface area contributed by atoms with Crippen molar-refractivity contribution in [3.63, 3.8) is 0 Å². The Bertz CT molecular complexity index is 957. The first kappa shape index (κ1) is 16.5. The smallest absolute Gasteiger partial charge is 0.256 e. The summed E-state index contributed by atoms with van der Waals surface area (Å²) in [5, 5.41) is 14.0. The van der Waals surface area contributed by atoms with Gasteiger partial charge in [-0.05, 0) is 48.6 Å². The number of carbonyl (C=O) groups is 1. The average Bonchev–Trinajstić information content (AvgIpc) is 3.08. The molecule has 8 heteroatoms. The topological polar surface area (TPSA) is 90.3 Å². The van der Waals surface area contributed by atoms with Crippen LogP contribution in [-0.4, -0.2) is 26.6 Å². The van der Waals surface area contributed by atoms with Crippen LogP contribution in [0, 0.1) is 11.3 Å². The largest absolute Gasteiger partial charge is 0.312 e. The first-order valence-electron chi connectivity index (χ1n) is 7.22. The summed E-state index contributed by atoms with van der Waals surface area (Å²) in [4.78, 5) is 12.4. The van der Waals surface area contributed by atoms with E-state index in [9.17, 15) is 13.2 Å². The summed E-state index contributed by atoms with van der Waals surface area (Å²) < 4.78 is 25.2. The lowest BCUT2D eigenvalue weighted by molar-refractivity contribution is 0.102. The molecule has 3 rings (SSSR count). The number of hydrogen-bond donors (Lipinski definition) is 1. The molecule has 0 bridgehead atoms. The van der Waals surface area contributed by atoms with Gasteiger partial charge in [0, 0.05) is 11.6 Å². The van der Waals surface area contributed by atoms with Crippen molar-refractivity contribution in [2.45, 2.75) is 19.4 Å². The lowest BCUT2D eigenvalue weighted by atomic mass is 10.1. The van der Waals surface area contributed by atoms with E-state index in [2.05, 4.69) is 5.32 Å². The number of carbonyl (C=O) groups excluding carboxylic acids is 1. The predicted molar refractivity (Wildman–Crippen MR) is 93.9 cm³/mol. The molecule has 6 nitrogen and oxygen atoms in total. The maximum atomic E-state index is 12.4. The summed E-state index contributed by atoms with van der Waals surface area (Å²) >= 11 is 1.28. The molecular formula is C16H15N3O3S2. The summed E-state index contributed by atoms with van der Waals surface area (Å²) in [6, 6.07) is 8.48. The highest BCUT2D eigenvalue weighted by molar-refractivity contribution is 7.92. The van der Waals surface area contributed by atoms with E-state index >= 15 is 0 Å². The highest BCUT2D eigenvalue weighted by Gasteiger charge is 2.32. The van der Waals surface area contributed by atoms with E-state index in [-0.39, 0.29) is 11.9 Å². The van der Waals surface area contributed by atoms with E-state index < -0.39 is 10.0 Å². The van der Waals surface area contributed by atoms with Gasteiger partial charge in [0.1, 0.15) is 11.1 Å². The molecule has 1 aliphatic rings. The number of nitriles is 1. The Balaban J connectivity index is 1.89.